The van der Waals surface area contributed by atoms with Crippen molar-refractivity contribution in [3.63, 3.8) is 0 Å². The molecule has 0 spiro atoms. The number of thiazole rings is 1. The van der Waals surface area contributed by atoms with Crippen molar-refractivity contribution in [2.75, 3.05) is 0 Å². The van der Waals surface area contributed by atoms with E-state index < -0.39 is 0 Å². The topological polar surface area (TPSA) is 12.9 Å². The average Bonchev–Trinajstić information content (AvgIpc) is 2.86. The smallest absolute Gasteiger partial charge is 0.184 e. The normalized spacial score (nSPS) is 11.9. The predicted octanol–water partition coefficient (Wildman–Crippen LogP) is 5.97. The van der Waals surface area contributed by atoms with E-state index in [0.29, 0.717) is 4.47 Å². The van der Waals surface area contributed by atoms with Crippen molar-refractivity contribution < 1.29 is 0 Å². The van der Waals surface area contributed by atoms with Gasteiger partial charge in [-0.1, -0.05) is 29.3 Å². The minimum atomic E-state index is 0.589. The quantitative estimate of drug-likeness (QED) is 0.390. The molecular weight excluding hydrogens is 305 g/mol. The number of hydrogen-bond donors (Lipinski definition) is 0. The van der Waals surface area contributed by atoms with Crippen LogP contribution in [0.5, 0.6) is 0 Å². The summed E-state index contributed by atoms with van der Waals surface area (Å²) in [7, 11) is 0. The highest BCUT2D eigenvalue weighted by Crippen LogP contribution is 2.40. The number of thiophene rings is 1. The van der Waals surface area contributed by atoms with Crippen molar-refractivity contribution in [3.05, 3.63) is 39.8 Å². The lowest BCUT2D eigenvalue weighted by molar-refractivity contribution is 1.52. The van der Waals surface area contributed by atoms with Crippen molar-refractivity contribution in [1.82, 2.24) is 4.98 Å². The fourth-order valence-corrected chi connectivity index (χ4v) is 4.62. The van der Waals surface area contributed by atoms with Gasteiger partial charge >= 0.3 is 0 Å². The number of aromatic nitrogens is 1. The Morgan fingerprint density at radius 1 is 0.889 bits per heavy atom. The van der Waals surface area contributed by atoms with E-state index in [1.165, 1.54) is 31.5 Å². The van der Waals surface area contributed by atoms with E-state index >= 15 is 0 Å². The van der Waals surface area contributed by atoms with Gasteiger partial charge in [-0.15, -0.1) is 22.7 Å². The van der Waals surface area contributed by atoms with E-state index in [1.807, 2.05) is 12.1 Å². The molecule has 0 unspecified atom stereocenters. The Hall–Kier alpha value is -0.870. The molecule has 88 valence electrons. The summed E-state index contributed by atoms with van der Waals surface area (Å²) in [5.41, 5.74) is 0.996. The summed E-state index contributed by atoms with van der Waals surface area (Å²) in [5.74, 6) is 0. The Balaban J connectivity index is 2.31. The summed E-state index contributed by atoms with van der Waals surface area (Å²) in [6.45, 7) is 0. The number of fused-ring (bicyclic) bond motifs is 5. The van der Waals surface area contributed by atoms with Crippen molar-refractivity contribution in [2.24, 2.45) is 0 Å². The molecule has 2 aromatic heterocycles. The zero-order valence-electron chi connectivity index (χ0n) is 8.91. The maximum atomic E-state index is 6.04. The summed E-state index contributed by atoms with van der Waals surface area (Å²) in [5, 5.41) is 3.15. The molecule has 0 radical (unpaired) electrons. The van der Waals surface area contributed by atoms with Crippen LogP contribution in [-0.2, 0) is 0 Å². The second-order valence-corrected chi connectivity index (χ2v) is 7.13. The van der Waals surface area contributed by atoms with Crippen LogP contribution in [0, 0.1) is 0 Å². The van der Waals surface area contributed by atoms with E-state index in [9.17, 15) is 0 Å². The lowest BCUT2D eigenvalue weighted by Gasteiger charge is -1.93. The molecule has 0 amide bonds. The maximum Gasteiger partial charge on any atom is 0.184 e. The number of benzene rings is 2. The third-order valence-corrected chi connectivity index (χ3v) is 5.41. The molecule has 0 bridgehead atoms. The monoisotopic (exact) mass is 309 g/mol. The highest BCUT2D eigenvalue weighted by Gasteiger charge is 2.12. The van der Waals surface area contributed by atoms with Crippen LogP contribution >= 0.6 is 45.9 Å². The van der Waals surface area contributed by atoms with Gasteiger partial charge in [-0.05, 0) is 24.3 Å². The van der Waals surface area contributed by atoms with Gasteiger partial charge in [0.1, 0.15) is 0 Å². The summed E-state index contributed by atoms with van der Waals surface area (Å²) in [6, 6.07) is 10.2. The molecule has 0 aliphatic rings. The Morgan fingerprint density at radius 2 is 1.72 bits per heavy atom. The zero-order chi connectivity index (χ0) is 12.3. The Kier molecular flexibility index (Phi) is 2.33. The van der Waals surface area contributed by atoms with Crippen LogP contribution in [0.3, 0.4) is 0 Å². The fraction of sp³-hybridized carbons (Fsp3) is 0. The van der Waals surface area contributed by atoms with Gasteiger partial charge in [0.2, 0.25) is 0 Å². The fourth-order valence-electron chi connectivity index (χ4n) is 2.20. The van der Waals surface area contributed by atoms with Gasteiger partial charge in [0.05, 0.1) is 10.2 Å². The van der Waals surface area contributed by atoms with E-state index in [-0.39, 0.29) is 0 Å². The van der Waals surface area contributed by atoms with Crippen LogP contribution in [0.2, 0.25) is 9.49 Å². The minimum Gasteiger partial charge on any atom is -0.224 e. The number of nitrogens with zero attached hydrogens (tertiary/aromatic N) is 1. The Labute approximate surface area is 121 Å². The number of halogens is 2. The summed E-state index contributed by atoms with van der Waals surface area (Å²) in [4.78, 5) is 4.44. The highest BCUT2D eigenvalue weighted by molar-refractivity contribution is 7.26. The molecule has 0 N–H and O–H groups in total. The first kappa shape index (κ1) is 11.0. The first-order valence-electron chi connectivity index (χ1n) is 5.29. The predicted molar refractivity (Wildman–Crippen MR) is 82.5 cm³/mol. The minimum absolute atomic E-state index is 0.589. The van der Waals surface area contributed by atoms with Crippen LogP contribution in [0.4, 0.5) is 0 Å². The van der Waals surface area contributed by atoms with Crippen LogP contribution in [0.1, 0.15) is 0 Å². The lowest BCUT2D eigenvalue weighted by Crippen LogP contribution is -1.71. The molecule has 0 saturated heterocycles. The largest absolute Gasteiger partial charge is 0.224 e. The third-order valence-electron chi connectivity index (χ3n) is 2.93. The van der Waals surface area contributed by atoms with Gasteiger partial charge < -0.3 is 0 Å². The van der Waals surface area contributed by atoms with Crippen LogP contribution in [-0.4, -0.2) is 4.98 Å². The maximum absolute atomic E-state index is 6.04. The van der Waals surface area contributed by atoms with Crippen LogP contribution < -0.4 is 0 Å². The van der Waals surface area contributed by atoms with Gasteiger partial charge in [0, 0.05) is 25.2 Å². The van der Waals surface area contributed by atoms with Gasteiger partial charge in [0.25, 0.3) is 0 Å². The van der Waals surface area contributed by atoms with Crippen molar-refractivity contribution in [2.45, 2.75) is 0 Å². The average molecular weight is 310 g/mol. The second-order valence-electron chi connectivity index (χ2n) is 3.99. The number of hydrogen-bond acceptors (Lipinski definition) is 3. The molecular formula is C13H5Cl2NS2. The summed E-state index contributed by atoms with van der Waals surface area (Å²) in [6.07, 6.45) is 0. The second kappa shape index (κ2) is 3.81. The standard InChI is InChI=1S/C13H5Cl2NS2/c14-6-1-2-7-10(5-6)17-8-3-4-9-12(11(7)8)16-13(15)18-9/h1-5H. The molecule has 0 aliphatic carbocycles. The molecule has 1 nitrogen and oxygen atoms in total. The first-order valence-corrected chi connectivity index (χ1v) is 7.68. The molecule has 4 aromatic rings. The molecule has 18 heavy (non-hydrogen) atoms. The van der Waals surface area contributed by atoms with Gasteiger partial charge in [0.15, 0.2) is 4.47 Å². The molecule has 0 fully saturated rings. The van der Waals surface area contributed by atoms with Gasteiger partial charge in [-0.3, -0.25) is 0 Å². The molecule has 2 aromatic carbocycles. The Morgan fingerprint density at radius 3 is 2.61 bits per heavy atom. The number of rotatable bonds is 0. The first-order chi connectivity index (χ1) is 8.72. The SMILES string of the molecule is Clc1ccc2c(c1)sc1ccc3sc(Cl)nc3c12. The zero-order valence-corrected chi connectivity index (χ0v) is 12.1. The van der Waals surface area contributed by atoms with E-state index in [0.717, 1.165) is 15.2 Å². The van der Waals surface area contributed by atoms with E-state index in [4.69, 9.17) is 23.2 Å². The molecule has 5 heteroatoms. The van der Waals surface area contributed by atoms with E-state index in [1.54, 1.807) is 11.3 Å². The van der Waals surface area contributed by atoms with Crippen molar-refractivity contribution in [1.29, 1.82) is 0 Å². The summed E-state index contributed by atoms with van der Waals surface area (Å²) >= 11 is 15.3. The lowest BCUT2D eigenvalue weighted by atomic mass is 10.1. The molecule has 0 atom stereocenters. The highest BCUT2D eigenvalue weighted by atomic mass is 35.5. The Bertz CT molecular complexity index is 907. The van der Waals surface area contributed by atoms with Crippen molar-refractivity contribution in [3.8, 4) is 0 Å². The summed E-state index contributed by atoms with van der Waals surface area (Å²) < 4.78 is 4.13. The molecule has 2 heterocycles. The molecule has 4 rings (SSSR count). The third kappa shape index (κ3) is 1.48. The van der Waals surface area contributed by atoms with Gasteiger partial charge in [-0.25, -0.2) is 4.98 Å². The van der Waals surface area contributed by atoms with Gasteiger partial charge in [-0.2, -0.15) is 0 Å². The van der Waals surface area contributed by atoms with Crippen LogP contribution in [0.25, 0.3) is 30.4 Å². The van der Waals surface area contributed by atoms with E-state index in [2.05, 4.69) is 23.2 Å². The molecule has 0 saturated carbocycles. The molecule has 0 aliphatic heterocycles. The van der Waals surface area contributed by atoms with Crippen LogP contribution in [0.15, 0.2) is 30.3 Å². The van der Waals surface area contributed by atoms with Crippen molar-refractivity contribution >= 4 is 76.3 Å².